The van der Waals surface area contributed by atoms with Gasteiger partial charge in [-0.1, -0.05) is 13.8 Å². The van der Waals surface area contributed by atoms with Crippen LogP contribution >= 0.6 is 0 Å². The molecule has 0 spiro atoms. The van der Waals surface area contributed by atoms with Gasteiger partial charge < -0.3 is 14.6 Å². The lowest BCUT2D eigenvalue weighted by Crippen LogP contribution is -2.40. The molecule has 0 aromatic carbocycles. The van der Waals surface area contributed by atoms with E-state index in [1.165, 1.54) is 0 Å². The van der Waals surface area contributed by atoms with Crippen molar-refractivity contribution in [2.24, 2.45) is 5.92 Å². The van der Waals surface area contributed by atoms with Gasteiger partial charge in [-0.2, -0.15) is 0 Å². The number of ether oxygens (including phenoxy) is 1. The molecular formula is C17H22N4O2. The molecule has 3 heterocycles. The minimum absolute atomic E-state index is 0.0959. The van der Waals surface area contributed by atoms with Crippen molar-refractivity contribution in [1.82, 2.24) is 19.9 Å². The number of imidazole rings is 1. The van der Waals surface area contributed by atoms with E-state index in [-0.39, 0.29) is 11.9 Å². The molecular weight excluding hydrogens is 292 g/mol. The second-order valence-corrected chi connectivity index (χ2v) is 6.29. The van der Waals surface area contributed by atoms with Crippen LogP contribution in [0.5, 0.6) is 5.88 Å². The van der Waals surface area contributed by atoms with Gasteiger partial charge in [-0.05, 0) is 18.4 Å². The summed E-state index contributed by atoms with van der Waals surface area (Å²) in [5, 5.41) is 3.07. The van der Waals surface area contributed by atoms with Gasteiger partial charge in [0.25, 0.3) is 5.91 Å². The zero-order chi connectivity index (χ0) is 16.2. The van der Waals surface area contributed by atoms with Crippen LogP contribution in [0, 0.1) is 5.92 Å². The number of rotatable bonds is 5. The van der Waals surface area contributed by atoms with E-state index in [2.05, 4.69) is 33.7 Å². The molecule has 0 fully saturated rings. The molecule has 1 amide bonds. The summed E-state index contributed by atoms with van der Waals surface area (Å²) in [6, 6.07) is 3.62. The molecule has 2 aromatic rings. The van der Waals surface area contributed by atoms with E-state index in [1.54, 1.807) is 24.5 Å². The van der Waals surface area contributed by atoms with Gasteiger partial charge in [0.2, 0.25) is 5.88 Å². The van der Waals surface area contributed by atoms with E-state index in [0.717, 1.165) is 25.2 Å². The smallest absolute Gasteiger partial charge is 0.253 e. The number of hydrogen-bond donors (Lipinski definition) is 1. The second-order valence-electron chi connectivity index (χ2n) is 6.29. The van der Waals surface area contributed by atoms with Gasteiger partial charge >= 0.3 is 0 Å². The largest absolute Gasteiger partial charge is 0.477 e. The molecule has 2 aromatic heterocycles. The number of fused-ring (bicyclic) bond motifs is 1. The third-order valence-electron chi connectivity index (χ3n) is 3.83. The maximum absolute atomic E-state index is 12.3. The van der Waals surface area contributed by atoms with Crippen molar-refractivity contribution in [3.63, 3.8) is 0 Å². The maximum Gasteiger partial charge on any atom is 0.253 e. The maximum atomic E-state index is 12.3. The number of nitrogens with zero attached hydrogens (tertiary/aromatic N) is 3. The molecule has 6 nitrogen and oxygen atoms in total. The first kappa shape index (κ1) is 15.5. The predicted molar refractivity (Wildman–Crippen MR) is 86.4 cm³/mol. The lowest BCUT2D eigenvalue weighted by Gasteiger charge is -2.24. The van der Waals surface area contributed by atoms with Crippen LogP contribution in [0.3, 0.4) is 0 Å². The lowest BCUT2D eigenvalue weighted by molar-refractivity contribution is 0.0927. The monoisotopic (exact) mass is 314 g/mol. The Morgan fingerprint density at radius 2 is 2.30 bits per heavy atom. The number of hydrogen-bond acceptors (Lipinski definition) is 4. The van der Waals surface area contributed by atoms with Gasteiger partial charge in [-0.3, -0.25) is 4.79 Å². The normalized spacial score (nSPS) is 16.9. The van der Waals surface area contributed by atoms with Crippen LogP contribution in [0.4, 0.5) is 0 Å². The summed E-state index contributed by atoms with van der Waals surface area (Å²) in [6.45, 7) is 5.55. The Kier molecular flexibility index (Phi) is 4.60. The molecule has 0 saturated heterocycles. The van der Waals surface area contributed by atoms with Gasteiger partial charge in [0.1, 0.15) is 5.82 Å². The van der Waals surface area contributed by atoms with Crippen molar-refractivity contribution in [1.29, 1.82) is 0 Å². The summed E-state index contributed by atoms with van der Waals surface area (Å²) in [5.74, 6) is 1.99. The summed E-state index contributed by atoms with van der Waals surface area (Å²) in [7, 11) is 0. The Labute approximate surface area is 135 Å². The average molecular weight is 314 g/mol. The van der Waals surface area contributed by atoms with Crippen molar-refractivity contribution in [3.8, 4) is 5.88 Å². The fourth-order valence-electron chi connectivity index (χ4n) is 2.61. The summed E-state index contributed by atoms with van der Waals surface area (Å²) in [5.41, 5.74) is 0.554. The Hall–Kier alpha value is -2.37. The number of pyridine rings is 1. The van der Waals surface area contributed by atoms with Gasteiger partial charge in [0.05, 0.1) is 12.2 Å². The highest BCUT2D eigenvalue weighted by Crippen LogP contribution is 2.14. The molecule has 1 N–H and O–H groups in total. The molecule has 0 saturated carbocycles. The van der Waals surface area contributed by atoms with E-state index < -0.39 is 0 Å². The Balaban J connectivity index is 1.56. The summed E-state index contributed by atoms with van der Waals surface area (Å²) in [4.78, 5) is 20.8. The zero-order valence-corrected chi connectivity index (χ0v) is 13.5. The van der Waals surface area contributed by atoms with E-state index in [0.29, 0.717) is 24.0 Å². The fraction of sp³-hybridized carbons (Fsp3) is 0.471. The van der Waals surface area contributed by atoms with Gasteiger partial charge in [0.15, 0.2) is 0 Å². The standard InChI is InChI=1S/C17H22N4O2/c1-12(2)11-23-16-6-3-13(9-19-16)17(22)20-14-4-5-15-18-7-8-21(15)10-14/h3,6-9,12,14H,4-5,10-11H2,1-2H3,(H,20,22)/t14-/m1/s1. The number of amides is 1. The third-order valence-corrected chi connectivity index (χ3v) is 3.83. The molecule has 1 atom stereocenters. The van der Waals surface area contributed by atoms with E-state index >= 15 is 0 Å². The molecule has 0 radical (unpaired) electrons. The minimum atomic E-state index is -0.0959. The molecule has 0 bridgehead atoms. The molecule has 1 aliphatic heterocycles. The highest BCUT2D eigenvalue weighted by atomic mass is 16.5. The quantitative estimate of drug-likeness (QED) is 0.917. The van der Waals surface area contributed by atoms with Gasteiger partial charge in [-0.25, -0.2) is 9.97 Å². The highest BCUT2D eigenvalue weighted by molar-refractivity contribution is 5.94. The summed E-state index contributed by atoms with van der Waals surface area (Å²) in [6.07, 6.45) is 7.12. The number of aromatic nitrogens is 3. The van der Waals surface area contributed by atoms with Crippen LogP contribution in [-0.2, 0) is 13.0 Å². The van der Waals surface area contributed by atoms with Crippen molar-refractivity contribution < 1.29 is 9.53 Å². The molecule has 0 aliphatic carbocycles. The Bertz CT molecular complexity index is 663. The van der Waals surface area contributed by atoms with Crippen molar-refractivity contribution >= 4 is 5.91 Å². The molecule has 0 unspecified atom stereocenters. The topological polar surface area (TPSA) is 69.0 Å². The van der Waals surface area contributed by atoms with Crippen molar-refractivity contribution in [3.05, 3.63) is 42.1 Å². The van der Waals surface area contributed by atoms with E-state index in [1.807, 2.05) is 6.20 Å². The van der Waals surface area contributed by atoms with Crippen LogP contribution in [0.2, 0.25) is 0 Å². The zero-order valence-electron chi connectivity index (χ0n) is 13.5. The molecule has 6 heteroatoms. The highest BCUT2D eigenvalue weighted by Gasteiger charge is 2.20. The van der Waals surface area contributed by atoms with Gasteiger partial charge in [0, 0.05) is 43.7 Å². The SMILES string of the molecule is CC(C)COc1ccc(C(=O)N[C@@H]2CCc3nccn3C2)cn1. The van der Waals surface area contributed by atoms with Crippen LogP contribution in [0.1, 0.15) is 36.5 Å². The number of aryl methyl sites for hydroxylation is 1. The minimum Gasteiger partial charge on any atom is -0.477 e. The number of carbonyl (C=O) groups excluding carboxylic acids is 1. The average Bonchev–Trinajstić information content (AvgIpc) is 3.01. The van der Waals surface area contributed by atoms with Gasteiger partial charge in [-0.15, -0.1) is 0 Å². The van der Waals surface area contributed by atoms with Crippen LogP contribution in [-0.4, -0.2) is 33.1 Å². The summed E-state index contributed by atoms with van der Waals surface area (Å²) < 4.78 is 7.62. The molecule has 23 heavy (non-hydrogen) atoms. The Morgan fingerprint density at radius 3 is 3.04 bits per heavy atom. The first-order chi connectivity index (χ1) is 11.1. The van der Waals surface area contributed by atoms with Crippen LogP contribution in [0.25, 0.3) is 0 Å². The van der Waals surface area contributed by atoms with Crippen molar-refractivity contribution in [2.45, 2.75) is 39.3 Å². The number of carbonyl (C=O) groups is 1. The Morgan fingerprint density at radius 1 is 1.43 bits per heavy atom. The van der Waals surface area contributed by atoms with Crippen molar-refractivity contribution in [2.75, 3.05) is 6.61 Å². The van der Waals surface area contributed by atoms with E-state index in [4.69, 9.17) is 4.74 Å². The molecule has 1 aliphatic rings. The fourth-order valence-corrected chi connectivity index (χ4v) is 2.61. The predicted octanol–water partition coefficient (Wildman–Crippen LogP) is 2.06. The summed E-state index contributed by atoms with van der Waals surface area (Å²) >= 11 is 0. The lowest BCUT2D eigenvalue weighted by atomic mass is 10.1. The first-order valence-electron chi connectivity index (χ1n) is 8.01. The second kappa shape index (κ2) is 6.81. The number of nitrogens with one attached hydrogen (secondary N) is 1. The third kappa shape index (κ3) is 3.88. The van der Waals surface area contributed by atoms with Crippen LogP contribution in [0.15, 0.2) is 30.7 Å². The molecule has 3 rings (SSSR count). The van der Waals surface area contributed by atoms with Crippen LogP contribution < -0.4 is 10.1 Å². The molecule has 122 valence electrons. The van der Waals surface area contributed by atoms with E-state index in [9.17, 15) is 4.79 Å². The first-order valence-corrected chi connectivity index (χ1v) is 8.01.